The van der Waals surface area contributed by atoms with Crippen molar-refractivity contribution in [2.75, 3.05) is 20.8 Å². The van der Waals surface area contributed by atoms with Crippen LogP contribution in [0.25, 0.3) is 34.5 Å². The van der Waals surface area contributed by atoms with Gasteiger partial charge in [0.1, 0.15) is 18.1 Å². The minimum Gasteiger partial charge on any atom is -0.494 e. The number of benzene rings is 3. The minimum atomic E-state index is -0.390. The van der Waals surface area contributed by atoms with Crippen molar-refractivity contribution >= 4 is 47.3 Å². The van der Waals surface area contributed by atoms with Crippen molar-refractivity contribution < 1.29 is 23.8 Å². The topological polar surface area (TPSA) is 79.7 Å². The molecule has 0 aliphatic rings. The van der Waals surface area contributed by atoms with Crippen molar-refractivity contribution in [3.63, 3.8) is 0 Å². The van der Waals surface area contributed by atoms with E-state index < -0.39 is 5.97 Å². The Kier molecular flexibility index (Phi) is 10.00. The highest BCUT2D eigenvalue weighted by Crippen LogP contribution is 2.30. The van der Waals surface area contributed by atoms with E-state index in [1.165, 1.54) is 14.2 Å². The van der Waals surface area contributed by atoms with Crippen molar-refractivity contribution in [2.24, 2.45) is 0 Å². The SMILES string of the molecule is COC(=O)CCCOc1ccc(-c2cccc(C=Cc3nc(-c4ccc(Cl)cc4Cl)cn3CC(=O)OC)c2)cc1. The number of nitrogens with zero attached hydrogens (tertiary/aromatic N) is 2. The fourth-order valence-corrected chi connectivity index (χ4v) is 4.47. The van der Waals surface area contributed by atoms with Gasteiger partial charge < -0.3 is 18.8 Å². The van der Waals surface area contributed by atoms with Crippen LogP contribution in [0.1, 0.15) is 24.2 Å². The molecule has 4 rings (SSSR count). The van der Waals surface area contributed by atoms with Gasteiger partial charge in [-0.3, -0.25) is 9.59 Å². The molecule has 0 N–H and O–H groups in total. The van der Waals surface area contributed by atoms with Crippen molar-refractivity contribution in [3.8, 4) is 28.1 Å². The number of methoxy groups -OCH3 is 2. The van der Waals surface area contributed by atoms with Crippen molar-refractivity contribution in [1.29, 1.82) is 0 Å². The Morgan fingerprint density at radius 3 is 2.40 bits per heavy atom. The van der Waals surface area contributed by atoms with Gasteiger partial charge in [-0.15, -0.1) is 0 Å². The number of carbonyl (C=O) groups excluding carboxylic acids is 2. The lowest BCUT2D eigenvalue weighted by molar-refractivity contribution is -0.142. The van der Waals surface area contributed by atoms with E-state index in [0.717, 1.165) is 22.4 Å². The van der Waals surface area contributed by atoms with E-state index in [0.29, 0.717) is 46.6 Å². The zero-order valence-electron chi connectivity index (χ0n) is 22.1. The molecule has 0 fully saturated rings. The highest BCUT2D eigenvalue weighted by molar-refractivity contribution is 6.36. The molecule has 0 radical (unpaired) electrons. The lowest BCUT2D eigenvalue weighted by Crippen LogP contribution is -2.11. The molecule has 3 aromatic carbocycles. The maximum absolute atomic E-state index is 12.0. The van der Waals surface area contributed by atoms with E-state index in [9.17, 15) is 9.59 Å². The first kappa shape index (κ1) is 28.9. The summed E-state index contributed by atoms with van der Waals surface area (Å²) in [6, 6.07) is 21.0. The smallest absolute Gasteiger partial charge is 0.325 e. The number of esters is 2. The van der Waals surface area contributed by atoms with Crippen LogP contribution in [0.2, 0.25) is 10.0 Å². The molecule has 206 valence electrons. The first-order valence-electron chi connectivity index (χ1n) is 12.5. The molecule has 0 saturated carbocycles. The van der Waals surface area contributed by atoms with Gasteiger partial charge in [0.15, 0.2) is 0 Å². The molecule has 0 spiro atoms. The molecule has 0 atom stereocenters. The first-order chi connectivity index (χ1) is 19.4. The Morgan fingerprint density at radius 1 is 0.900 bits per heavy atom. The monoisotopic (exact) mass is 578 g/mol. The third-order valence-electron chi connectivity index (χ3n) is 6.06. The lowest BCUT2D eigenvalue weighted by atomic mass is 10.0. The molecule has 0 saturated heterocycles. The van der Waals surface area contributed by atoms with E-state index in [4.69, 9.17) is 37.7 Å². The molecule has 0 amide bonds. The first-order valence-corrected chi connectivity index (χ1v) is 13.3. The van der Waals surface area contributed by atoms with Crippen LogP contribution in [0, 0.1) is 0 Å². The summed E-state index contributed by atoms with van der Waals surface area (Å²) >= 11 is 12.4. The number of hydrogen-bond acceptors (Lipinski definition) is 6. The summed E-state index contributed by atoms with van der Waals surface area (Å²) in [7, 11) is 2.73. The maximum atomic E-state index is 12.0. The van der Waals surface area contributed by atoms with Gasteiger partial charge in [-0.25, -0.2) is 4.98 Å². The second-order valence-corrected chi connectivity index (χ2v) is 9.67. The molecule has 4 aromatic rings. The fraction of sp³-hybridized carbons (Fsp3) is 0.194. The van der Waals surface area contributed by atoms with E-state index in [2.05, 4.69) is 10.8 Å². The second-order valence-electron chi connectivity index (χ2n) is 8.82. The van der Waals surface area contributed by atoms with E-state index >= 15 is 0 Å². The molecule has 0 aliphatic carbocycles. The fourth-order valence-electron chi connectivity index (χ4n) is 3.97. The summed E-state index contributed by atoms with van der Waals surface area (Å²) in [5.41, 5.74) is 4.35. The molecule has 9 heteroatoms. The molecule has 1 aromatic heterocycles. The highest BCUT2D eigenvalue weighted by Gasteiger charge is 2.14. The van der Waals surface area contributed by atoms with E-state index in [1.54, 1.807) is 29.0 Å². The average molecular weight is 579 g/mol. The predicted molar refractivity (Wildman–Crippen MR) is 157 cm³/mol. The lowest BCUT2D eigenvalue weighted by Gasteiger charge is -2.08. The molecule has 7 nitrogen and oxygen atoms in total. The Morgan fingerprint density at radius 2 is 1.68 bits per heavy atom. The Labute approximate surface area is 242 Å². The molecular weight excluding hydrogens is 551 g/mol. The number of rotatable bonds is 11. The Balaban J connectivity index is 1.51. The van der Waals surface area contributed by atoms with Gasteiger partial charge >= 0.3 is 11.9 Å². The summed E-state index contributed by atoms with van der Waals surface area (Å²) in [4.78, 5) is 28.0. The van der Waals surface area contributed by atoms with Gasteiger partial charge in [0, 0.05) is 23.2 Å². The third-order valence-corrected chi connectivity index (χ3v) is 6.61. The summed E-state index contributed by atoms with van der Waals surface area (Å²) in [5.74, 6) is 0.676. The molecule has 40 heavy (non-hydrogen) atoms. The van der Waals surface area contributed by atoms with Crippen LogP contribution in [0.15, 0.2) is 72.9 Å². The van der Waals surface area contributed by atoms with Gasteiger partial charge in [-0.1, -0.05) is 59.6 Å². The van der Waals surface area contributed by atoms with Crippen molar-refractivity contribution in [2.45, 2.75) is 19.4 Å². The van der Waals surface area contributed by atoms with Crippen LogP contribution in [-0.2, 0) is 25.6 Å². The number of ether oxygens (including phenoxy) is 3. The number of aromatic nitrogens is 2. The van der Waals surface area contributed by atoms with Gasteiger partial charge in [0.2, 0.25) is 0 Å². The average Bonchev–Trinajstić information content (AvgIpc) is 3.36. The standard InChI is InChI=1S/C31H28Cl2N2O5/c1-38-30(36)7-4-16-40-25-12-9-22(10-13-25)23-6-3-5-21(17-23)8-15-29-34-28(19-35(29)20-31(37)39-2)26-14-11-24(32)18-27(26)33/h3,5-6,8-15,17-19H,4,7,16,20H2,1-2H3. The zero-order chi connectivity index (χ0) is 28.5. The summed E-state index contributed by atoms with van der Waals surface area (Å²) < 4.78 is 16.9. The molecular formula is C31H28Cl2N2O5. The molecule has 1 heterocycles. The van der Waals surface area contributed by atoms with E-state index in [1.807, 2.05) is 54.6 Å². The maximum Gasteiger partial charge on any atom is 0.325 e. The molecule has 0 unspecified atom stereocenters. The van der Waals surface area contributed by atoms with Gasteiger partial charge in [0.05, 0.1) is 31.5 Å². The van der Waals surface area contributed by atoms with Gasteiger partial charge in [-0.2, -0.15) is 0 Å². The van der Waals surface area contributed by atoms with Crippen LogP contribution >= 0.6 is 23.2 Å². The second kappa shape index (κ2) is 13.8. The van der Waals surface area contributed by atoms with Crippen LogP contribution in [0.4, 0.5) is 0 Å². The van der Waals surface area contributed by atoms with Crippen LogP contribution in [0.5, 0.6) is 5.75 Å². The molecule has 0 aliphatic heterocycles. The van der Waals surface area contributed by atoms with Gasteiger partial charge in [-0.05, 0) is 65.6 Å². The normalized spacial score (nSPS) is 11.0. The van der Waals surface area contributed by atoms with Crippen LogP contribution in [-0.4, -0.2) is 42.3 Å². The van der Waals surface area contributed by atoms with Crippen molar-refractivity contribution in [3.05, 3.63) is 94.4 Å². The largest absolute Gasteiger partial charge is 0.494 e. The molecule has 0 bridgehead atoms. The number of imidazole rings is 1. The van der Waals surface area contributed by atoms with Crippen LogP contribution < -0.4 is 4.74 Å². The quantitative estimate of drug-likeness (QED) is 0.138. The van der Waals surface area contributed by atoms with E-state index in [-0.39, 0.29) is 12.5 Å². The summed E-state index contributed by atoms with van der Waals surface area (Å²) in [6.45, 7) is 0.442. The summed E-state index contributed by atoms with van der Waals surface area (Å²) in [5, 5.41) is 0.997. The van der Waals surface area contributed by atoms with Crippen LogP contribution in [0.3, 0.4) is 0 Å². The number of carbonyl (C=O) groups is 2. The van der Waals surface area contributed by atoms with Gasteiger partial charge in [0.25, 0.3) is 0 Å². The number of hydrogen-bond donors (Lipinski definition) is 0. The van der Waals surface area contributed by atoms with Crippen molar-refractivity contribution in [1.82, 2.24) is 9.55 Å². The Hall–Kier alpha value is -4.07. The third kappa shape index (κ3) is 7.74. The highest BCUT2D eigenvalue weighted by atomic mass is 35.5. The number of halogens is 2. The minimum absolute atomic E-state index is 0.00549. The summed E-state index contributed by atoms with van der Waals surface area (Å²) in [6.07, 6.45) is 6.47. The zero-order valence-corrected chi connectivity index (χ0v) is 23.6. The predicted octanol–water partition coefficient (Wildman–Crippen LogP) is 7.20. The Bertz CT molecular complexity index is 1510.